The van der Waals surface area contributed by atoms with Crippen LogP contribution < -0.4 is 5.32 Å². The third-order valence-corrected chi connectivity index (χ3v) is 2.30. The van der Waals surface area contributed by atoms with Crippen molar-refractivity contribution < 1.29 is 4.74 Å². The topological polar surface area (TPSA) is 21.3 Å². The third kappa shape index (κ3) is 4.96. The average Bonchev–Trinajstić information content (AvgIpc) is 2.28. The van der Waals surface area contributed by atoms with Crippen LogP contribution in [0.25, 0.3) is 0 Å². The number of hydrogen-bond acceptors (Lipinski definition) is 2. The van der Waals surface area contributed by atoms with Gasteiger partial charge in [0.25, 0.3) is 0 Å². The summed E-state index contributed by atoms with van der Waals surface area (Å²) in [7, 11) is 1.98. The van der Waals surface area contributed by atoms with Gasteiger partial charge in [0, 0.05) is 6.61 Å². The van der Waals surface area contributed by atoms with Crippen molar-refractivity contribution in [2.24, 2.45) is 0 Å². The Labute approximate surface area is 92.6 Å². The average molecular weight is 207 g/mol. The molecule has 0 heterocycles. The van der Waals surface area contributed by atoms with E-state index in [0.29, 0.717) is 0 Å². The van der Waals surface area contributed by atoms with Crippen molar-refractivity contribution in [3.05, 3.63) is 35.4 Å². The van der Waals surface area contributed by atoms with Crippen LogP contribution in [0.1, 0.15) is 24.5 Å². The van der Waals surface area contributed by atoms with E-state index in [1.165, 1.54) is 11.1 Å². The molecule has 1 rings (SSSR count). The lowest BCUT2D eigenvalue weighted by atomic mass is 10.1. The molecule has 1 N–H and O–H groups in total. The molecule has 0 saturated carbocycles. The molecule has 0 bridgehead atoms. The standard InChI is InChI=1S/C13H21NO/c1-3-10-15-11-13-6-4-12(5-7-13)8-9-14-2/h4-7,14H,3,8-11H2,1-2H3. The highest BCUT2D eigenvalue weighted by molar-refractivity contribution is 5.22. The van der Waals surface area contributed by atoms with Gasteiger partial charge in [0.15, 0.2) is 0 Å². The highest BCUT2D eigenvalue weighted by atomic mass is 16.5. The molecule has 0 saturated heterocycles. The Kier molecular flexibility index (Phi) is 6.05. The number of benzene rings is 1. The molecule has 84 valence electrons. The van der Waals surface area contributed by atoms with Crippen LogP contribution in [0, 0.1) is 0 Å². The summed E-state index contributed by atoms with van der Waals surface area (Å²) in [5.74, 6) is 0. The van der Waals surface area contributed by atoms with Gasteiger partial charge < -0.3 is 10.1 Å². The van der Waals surface area contributed by atoms with E-state index >= 15 is 0 Å². The molecule has 2 heteroatoms. The molecule has 0 unspecified atom stereocenters. The van der Waals surface area contributed by atoms with Crippen LogP contribution in [-0.2, 0) is 17.8 Å². The fraction of sp³-hybridized carbons (Fsp3) is 0.538. The van der Waals surface area contributed by atoms with Crippen LogP contribution in [-0.4, -0.2) is 20.2 Å². The number of nitrogens with one attached hydrogen (secondary N) is 1. The Balaban J connectivity index is 2.35. The summed E-state index contributed by atoms with van der Waals surface area (Å²) in [6.07, 6.45) is 2.17. The minimum Gasteiger partial charge on any atom is -0.377 e. The first-order chi connectivity index (χ1) is 7.36. The van der Waals surface area contributed by atoms with Gasteiger partial charge in [0.05, 0.1) is 6.61 Å². The fourth-order valence-corrected chi connectivity index (χ4v) is 1.41. The predicted octanol–water partition coefficient (Wildman–Crippen LogP) is 2.38. The zero-order valence-corrected chi connectivity index (χ0v) is 9.75. The zero-order chi connectivity index (χ0) is 10.9. The quantitative estimate of drug-likeness (QED) is 0.693. The summed E-state index contributed by atoms with van der Waals surface area (Å²) in [4.78, 5) is 0. The van der Waals surface area contributed by atoms with Crippen LogP contribution in [0.5, 0.6) is 0 Å². The number of ether oxygens (including phenoxy) is 1. The molecule has 0 spiro atoms. The predicted molar refractivity (Wildman–Crippen MR) is 64.0 cm³/mol. The van der Waals surface area contributed by atoms with Crippen molar-refractivity contribution in [3.63, 3.8) is 0 Å². The van der Waals surface area contributed by atoms with Gasteiger partial charge in [0.2, 0.25) is 0 Å². The monoisotopic (exact) mass is 207 g/mol. The summed E-state index contributed by atoms with van der Waals surface area (Å²) in [5, 5.41) is 3.15. The largest absolute Gasteiger partial charge is 0.377 e. The van der Waals surface area contributed by atoms with E-state index in [9.17, 15) is 0 Å². The Morgan fingerprint density at radius 1 is 1.13 bits per heavy atom. The Hall–Kier alpha value is -0.860. The first-order valence-corrected chi connectivity index (χ1v) is 5.67. The zero-order valence-electron chi connectivity index (χ0n) is 9.75. The maximum Gasteiger partial charge on any atom is 0.0716 e. The van der Waals surface area contributed by atoms with Crippen LogP contribution in [0.2, 0.25) is 0 Å². The normalized spacial score (nSPS) is 10.5. The smallest absolute Gasteiger partial charge is 0.0716 e. The van der Waals surface area contributed by atoms with Crippen LogP contribution in [0.3, 0.4) is 0 Å². The van der Waals surface area contributed by atoms with Gasteiger partial charge in [-0.25, -0.2) is 0 Å². The molecule has 1 aromatic carbocycles. The summed E-state index contributed by atoms with van der Waals surface area (Å²) in [5.41, 5.74) is 2.64. The summed E-state index contributed by atoms with van der Waals surface area (Å²) < 4.78 is 5.48. The molecule has 2 nitrogen and oxygen atoms in total. The van der Waals surface area contributed by atoms with Crippen molar-refractivity contribution in [2.75, 3.05) is 20.2 Å². The summed E-state index contributed by atoms with van der Waals surface area (Å²) in [6, 6.07) is 8.67. The summed E-state index contributed by atoms with van der Waals surface area (Å²) in [6.45, 7) is 4.74. The molecule has 0 amide bonds. The maximum atomic E-state index is 5.48. The SMILES string of the molecule is CCCOCc1ccc(CCNC)cc1. The van der Waals surface area contributed by atoms with E-state index in [1.807, 2.05) is 7.05 Å². The molecule has 1 aromatic rings. The molecule has 0 fully saturated rings. The molecule has 15 heavy (non-hydrogen) atoms. The lowest BCUT2D eigenvalue weighted by molar-refractivity contribution is 0.121. The fourth-order valence-electron chi connectivity index (χ4n) is 1.41. The van der Waals surface area contributed by atoms with Crippen LogP contribution in [0.15, 0.2) is 24.3 Å². The molecule has 0 atom stereocenters. The second kappa shape index (κ2) is 7.43. The van der Waals surface area contributed by atoms with Gasteiger partial charge in [-0.2, -0.15) is 0 Å². The Morgan fingerprint density at radius 3 is 2.40 bits per heavy atom. The van der Waals surface area contributed by atoms with E-state index in [2.05, 4.69) is 36.5 Å². The van der Waals surface area contributed by atoms with E-state index in [-0.39, 0.29) is 0 Å². The van der Waals surface area contributed by atoms with Gasteiger partial charge in [-0.1, -0.05) is 31.2 Å². The molecule has 0 radical (unpaired) electrons. The minimum atomic E-state index is 0.736. The van der Waals surface area contributed by atoms with Gasteiger partial charge in [0.1, 0.15) is 0 Å². The van der Waals surface area contributed by atoms with Crippen LogP contribution in [0.4, 0.5) is 0 Å². The van der Waals surface area contributed by atoms with E-state index in [1.54, 1.807) is 0 Å². The van der Waals surface area contributed by atoms with E-state index in [4.69, 9.17) is 4.74 Å². The van der Waals surface area contributed by atoms with Gasteiger partial charge in [-0.05, 0) is 37.6 Å². The highest BCUT2D eigenvalue weighted by Gasteiger charge is 1.94. The Morgan fingerprint density at radius 2 is 1.80 bits per heavy atom. The van der Waals surface area contributed by atoms with Crippen LogP contribution >= 0.6 is 0 Å². The van der Waals surface area contributed by atoms with Gasteiger partial charge in [-0.3, -0.25) is 0 Å². The first kappa shape index (κ1) is 12.2. The Bertz CT molecular complexity index is 256. The number of rotatable bonds is 7. The van der Waals surface area contributed by atoms with Crippen molar-refractivity contribution in [1.82, 2.24) is 5.32 Å². The maximum absolute atomic E-state index is 5.48. The minimum absolute atomic E-state index is 0.736. The summed E-state index contributed by atoms with van der Waals surface area (Å²) >= 11 is 0. The number of likely N-dealkylation sites (N-methyl/N-ethyl adjacent to an activating group) is 1. The molecular formula is C13H21NO. The van der Waals surface area contributed by atoms with E-state index in [0.717, 1.165) is 32.6 Å². The molecule has 0 aliphatic rings. The van der Waals surface area contributed by atoms with Gasteiger partial charge in [-0.15, -0.1) is 0 Å². The molecule has 0 aliphatic carbocycles. The molecule has 0 aromatic heterocycles. The van der Waals surface area contributed by atoms with Crippen molar-refractivity contribution in [2.45, 2.75) is 26.4 Å². The second-order valence-electron chi connectivity index (χ2n) is 3.72. The number of hydrogen-bond donors (Lipinski definition) is 1. The van der Waals surface area contributed by atoms with Gasteiger partial charge >= 0.3 is 0 Å². The van der Waals surface area contributed by atoms with Crippen molar-refractivity contribution in [1.29, 1.82) is 0 Å². The lowest BCUT2D eigenvalue weighted by Gasteiger charge is -2.04. The third-order valence-electron chi connectivity index (χ3n) is 2.30. The first-order valence-electron chi connectivity index (χ1n) is 5.67. The second-order valence-corrected chi connectivity index (χ2v) is 3.72. The lowest BCUT2D eigenvalue weighted by Crippen LogP contribution is -2.10. The van der Waals surface area contributed by atoms with E-state index < -0.39 is 0 Å². The molecular weight excluding hydrogens is 186 g/mol. The molecule has 0 aliphatic heterocycles. The van der Waals surface area contributed by atoms with Crippen molar-refractivity contribution in [3.8, 4) is 0 Å². The van der Waals surface area contributed by atoms with Crippen molar-refractivity contribution >= 4 is 0 Å². The highest BCUT2D eigenvalue weighted by Crippen LogP contribution is 2.06.